The van der Waals surface area contributed by atoms with Crippen LogP contribution in [0.2, 0.25) is 0 Å². The lowest BCUT2D eigenvalue weighted by Crippen LogP contribution is -2.32. The number of aromatic hydroxyl groups is 1. The SMILES string of the molecule is CCCc1ccc(C=S)c2c(O)c(C(=O)N(C)c3ccccc3)c(=O)[nH]c12. The van der Waals surface area contributed by atoms with Crippen LogP contribution in [0.5, 0.6) is 5.75 Å². The Hall–Kier alpha value is -2.99. The Balaban J connectivity index is 2.24. The number of para-hydroxylation sites is 1. The summed E-state index contributed by atoms with van der Waals surface area (Å²) in [5.74, 6) is -0.923. The monoisotopic (exact) mass is 380 g/mol. The van der Waals surface area contributed by atoms with E-state index < -0.39 is 11.5 Å². The molecule has 1 aromatic heterocycles. The molecule has 3 rings (SSSR count). The van der Waals surface area contributed by atoms with E-state index in [1.54, 1.807) is 37.4 Å². The highest BCUT2D eigenvalue weighted by Gasteiger charge is 2.24. The Morgan fingerprint density at radius 2 is 1.93 bits per heavy atom. The Labute approximate surface area is 162 Å². The van der Waals surface area contributed by atoms with Crippen molar-refractivity contribution in [3.63, 3.8) is 0 Å². The molecule has 6 heteroatoms. The third-order valence-corrected chi connectivity index (χ3v) is 4.83. The van der Waals surface area contributed by atoms with Crippen LogP contribution < -0.4 is 10.5 Å². The molecule has 0 aliphatic rings. The zero-order chi connectivity index (χ0) is 19.6. The van der Waals surface area contributed by atoms with Crippen molar-refractivity contribution in [3.05, 3.63) is 69.5 Å². The summed E-state index contributed by atoms with van der Waals surface area (Å²) in [6, 6.07) is 12.6. The summed E-state index contributed by atoms with van der Waals surface area (Å²) in [5.41, 5.74) is 1.72. The molecule has 2 aromatic carbocycles. The molecule has 0 unspecified atom stereocenters. The summed E-state index contributed by atoms with van der Waals surface area (Å²) in [4.78, 5) is 29.8. The van der Waals surface area contributed by atoms with Crippen molar-refractivity contribution in [2.24, 2.45) is 0 Å². The largest absolute Gasteiger partial charge is 0.506 e. The van der Waals surface area contributed by atoms with Crippen molar-refractivity contribution in [2.75, 3.05) is 11.9 Å². The molecule has 5 nitrogen and oxygen atoms in total. The number of aromatic nitrogens is 1. The lowest BCUT2D eigenvalue weighted by molar-refractivity contribution is 0.0989. The Morgan fingerprint density at radius 3 is 2.56 bits per heavy atom. The minimum absolute atomic E-state index is 0.291. The molecule has 0 saturated carbocycles. The number of benzene rings is 2. The number of nitrogens with one attached hydrogen (secondary N) is 1. The number of H-pyrrole nitrogens is 1. The van der Waals surface area contributed by atoms with Gasteiger partial charge in [-0.25, -0.2) is 0 Å². The number of carbonyl (C=O) groups excluding carboxylic acids is 1. The maximum Gasteiger partial charge on any atom is 0.267 e. The van der Waals surface area contributed by atoms with Gasteiger partial charge in [0.05, 0.1) is 5.52 Å². The fourth-order valence-corrected chi connectivity index (χ4v) is 3.38. The van der Waals surface area contributed by atoms with Gasteiger partial charge in [-0.2, -0.15) is 0 Å². The molecule has 0 fully saturated rings. The van der Waals surface area contributed by atoms with Crippen LogP contribution >= 0.6 is 12.2 Å². The first-order valence-corrected chi connectivity index (χ1v) is 9.15. The van der Waals surface area contributed by atoms with Gasteiger partial charge in [0.25, 0.3) is 11.5 Å². The smallest absolute Gasteiger partial charge is 0.267 e. The summed E-state index contributed by atoms with van der Waals surface area (Å²) in [6.45, 7) is 2.03. The molecule has 0 radical (unpaired) electrons. The molecule has 0 aliphatic carbocycles. The predicted octanol–water partition coefficient (Wildman–Crippen LogP) is 3.81. The number of aryl methyl sites for hydroxylation is 1. The van der Waals surface area contributed by atoms with Gasteiger partial charge in [0.2, 0.25) is 0 Å². The van der Waals surface area contributed by atoms with Gasteiger partial charge in [-0.1, -0.05) is 55.9 Å². The maximum atomic E-state index is 13.0. The molecule has 27 heavy (non-hydrogen) atoms. The lowest BCUT2D eigenvalue weighted by Gasteiger charge is -2.19. The molecule has 2 N–H and O–H groups in total. The Bertz CT molecular complexity index is 1070. The predicted molar refractivity (Wildman–Crippen MR) is 112 cm³/mol. The number of hydrogen-bond acceptors (Lipinski definition) is 4. The molecule has 0 bridgehead atoms. The standard InChI is InChI=1S/C21H20N2O3S/c1-3-7-13-10-11-14(12-27)16-18(13)22-20(25)17(19(16)24)21(26)23(2)15-8-5-4-6-9-15/h4-6,8-12H,3,7H2,1-2H3,(H2,22,24,25). The third kappa shape index (κ3) is 3.36. The number of pyridine rings is 1. The summed E-state index contributed by atoms with van der Waals surface area (Å²) in [7, 11) is 1.56. The molecule has 3 aromatic rings. The van der Waals surface area contributed by atoms with E-state index in [-0.39, 0.29) is 11.3 Å². The second kappa shape index (κ2) is 7.72. The second-order valence-corrected chi connectivity index (χ2v) is 6.54. The molecule has 0 saturated heterocycles. The fraction of sp³-hybridized carbons (Fsp3) is 0.190. The van der Waals surface area contributed by atoms with E-state index >= 15 is 0 Å². The normalized spacial score (nSPS) is 10.7. The Morgan fingerprint density at radius 1 is 1.22 bits per heavy atom. The average Bonchev–Trinajstić information content (AvgIpc) is 2.68. The van der Waals surface area contributed by atoms with E-state index in [0.29, 0.717) is 22.2 Å². The first-order valence-electron chi connectivity index (χ1n) is 8.68. The second-order valence-electron chi connectivity index (χ2n) is 6.31. The van der Waals surface area contributed by atoms with E-state index in [0.717, 1.165) is 18.4 Å². The van der Waals surface area contributed by atoms with Crippen molar-refractivity contribution in [3.8, 4) is 5.75 Å². The molecular formula is C21H20N2O3S. The average molecular weight is 380 g/mol. The summed E-state index contributed by atoms with van der Waals surface area (Å²) in [5, 5.41) is 12.7. The van der Waals surface area contributed by atoms with Crippen molar-refractivity contribution >= 4 is 40.1 Å². The van der Waals surface area contributed by atoms with Crippen LogP contribution in [0.4, 0.5) is 5.69 Å². The van der Waals surface area contributed by atoms with Crippen LogP contribution in [-0.4, -0.2) is 28.4 Å². The van der Waals surface area contributed by atoms with Crippen molar-refractivity contribution in [2.45, 2.75) is 19.8 Å². The summed E-state index contributed by atoms with van der Waals surface area (Å²) < 4.78 is 0. The minimum atomic E-state index is -0.619. The van der Waals surface area contributed by atoms with Gasteiger partial charge in [0.1, 0.15) is 11.3 Å². The van der Waals surface area contributed by atoms with Gasteiger partial charge in [-0.15, -0.1) is 0 Å². The van der Waals surface area contributed by atoms with Crippen molar-refractivity contribution in [1.29, 1.82) is 0 Å². The number of rotatable bonds is 5. The van der Waals surface area contributed by atoms with Gasteiger partial charge in [-0.05, 0) is 29.7 Å². The Kier molecular flexibility index (Phi) is 5.37. The number of fused-ring (bicyclic) bond motifs is 1. The van der Waals surface area contributed by atoms with Gasteiger partial charge in [0, 0.05) is 23.5 Å². The fourth-order valence-electron chi connectivity index (χ4n) is 3.18. The van der Waals surface area contributed by atoms with E-state index in [2.05, 4.69) is 4.98 Å². The highest BCUT2D eigenvalue weighted by Crippen LogP contribution is 2.31. The third-order valence-electron chi connectivity index (χ3n) is 4.57. The lowest BCUT2D eigenvalue weighted by atomic mass is 9.99. The summed E-state index contributed by atoms with van der Waals surface area (Å²) in [6.07, 6.45) is 1.62. The number of hydrogen-bond donors (Lipinski definition) is 2. The van der Waals surface area contributed by atoms with E-state index in [1.807, 2.05) is 19.1 Å². The maximum absolute atomic E-state index is 13.0. The van der Waals surface area contributed by atoms with E-state index in [1.165, 1.54) is 10.3 Å². The molecule has 0 spiro atoms. The molecular weight excluding hydrogens is 360 g/mol. The summed E-state index contributed by atoms with van der Waals surface area (Å²) >= 11 is 5.06. The topological polar surface area (TPSA) is 73.4 Å². The highest BCUT2D eigenvalue weighted by molar-refractivity contribution is 7.79. The number of nitrogens with zero attached hydrogens (tertiary/aromatic N) is 1. The van der Waals surface area contributed by atoms with Gasteiger partial charge in [-0.3, -0.25) is 9.59 Å². The number of thiocarbonyl (C=S) groups is 1. The number of amides is 1. The zero-order valence-electron chi connectivity index (χ0n) is 15.2. The highest BCUT2D eigenvalue weighted by atomic mass is 32.1. The molecule has 1 amide bonds. The number of anilines is 1. The first kappa shape index (κ1) is 18.8. The first-order chi connectivity index (χ1) is 13.0. The molecule has 0 atom stereocenters. The number of carbonyl (C=O) groups is 1. The van der Waals surface area contributed by atoms with Gasteiger partial charge in [0.15, 0.2) is 0 Å². The van der Waals surface area contributed by atoms with Crippen molar-refractivity contribution in [1.82, 2.24) is 4.98 Å². The van der Waals surface area contributed by atoms with Gasteiger partial charge >= 0.3 is 0 Å². The number of aromatic amines is 1. The van der Waals surface area contributed by atoms with Crippen LogP contribution in [0.3, 0.4) is 0 Å². The quantitative estimate of drug-likeness (QED) is 0.660. The molecule has 138 valence electrons. The van der Waals surface area contributed by atoms with E-state index in [4.69, 9.17) is 12.2 Å². The van der Waals surface area contributed by atoms with Crippen LogP contribution in [0, 0.1) is 0 Å². The van der Waals surface area contributed by atoms with Gasteiger partial charge < -0.3 is 15.0 Å². The van der Waals surface area contributed by atoms with Crippen molar-refractivity contribution < 1.29 is 9.90 Å². The minimum Gasteiger partial charge on any atom is -0.506 e. The van der Waals surface area contributed by atoms with Crippen LogP contribution in [0.25, 0.3) is 10.9 Å². The van der Waals surface area contributed by atoms with Crippen LogP contribution in [0.15, 0.2) is 47.3 Å². The van der Waals surface area contributed by atoms with Crippen LogP contribution in [0.1, 0.15) is 34.8 Å². The molecule has 1 heterocycles. The zero-order valence-corrected chi connectivity index (χ0v) is 16.0. The van der Waals surface area contributed by atoms with E-state index in [9.17, 15) is 14.7 Å². The molecule has 0 aliphatic heterocycles. The van der Waals surface area contributed by atoms with Crippen LogP contribution in [-0.2, 0) is 6.42 Å².